The molecule has 5 heterocycles. The van der Waals surface area contributed by atoms with Crippen molar-refractivity contribution in [3.8, 4) is 10.6 Å². The van der Waals surface area contributed by atoms with Gasteiger partial charge in [0.1, 0.15) is 12.1 Å². The molecule has 3 unspecified atom stereocenters. The summed E-state index contributed by atoms with van der Waals surface area (Å²) in [6.45, 7) is 1.83. The minimum atomic E-state index is -3.99. The zero-order valence-corrected chi connectivity index (χ0v) is 22.3. The molecule has 1 N–H and O–H groups in total. The number of hydrogen-bond donors (Lipinski definition) is 1. The summed E-state index contributed by atoms with van der Waals surface area (Å²) in [6.07, 6.45) is 4.43. The molecule has 3 atom stereocenters. The molecule has 2 saturated heterocycles. The number of hydrogen-bond acceptors (Lipinski definition) is 8. The lowest BCUT2D eigenvalue weighted by atomic mass is 10.1. The highest BCUT2D eigenvalue weighted by Gasteiger charge is 2.54. The van der Waals surface area contributed by atoms with Gasteiger partial charge < -0.3 is 10.2 Å². The molecule has 0 radical (unpaired) electrons. The first-order valence-corrected chi connectivity index (χ1v) is 14.6. The van der Waals surface area contributed by atoms with E-state index in [2.05, 4.69) is 15.3 Å². The fourth-order valence-corrected chi connectivity index (χ4v) is 7.49. The quantitative estimate of drug-likeness (QED) is 0.453. The molecule has 2 aliphatic heterocycles. The molecule has 2 amide bonds. The molecule has 0 saturated carbocycles. The fraction of sp³-hybridized carbons (Fsp3) is 0.346. The highest BCUT2D eigenvalue weighted by Crippen LogP contribution is 2.34. The SMILES string of the molecule is CCCC(NC(=O)c1ccc(-c2ccccn2)s1)C(=O)N1CCC2C1C(=O)CN2S(=O)(=O)c1ccccn1. The number of sulfonamides is 1. The average molecular weight is 554 g/mol. The van der Waals surface area contributed by atoms with Gasteiger partial charge in [0.15, 0.2) is 10.8 Å². The number of aromatic nitrogens is 2. The van der Waals surface area contributed by atoms with E-state index in [0.29, 0.717) is 24.1 Å². The van der Waals surface area contributed by atoms with Gasteiger partial charge in [-0.15, -0.1) is 11.3 Å². The number of nitrogens with one attached hydrogen (secondary N) is 1. The van der Waals surface area contributed by atoms with E-state index >= 15 is 0 Å². The number of pyridine rings is 2. The van der Waals surface area contributed by atoms with Crippen LogP contribution >= 0.6 is 11.3 Å². The van der Waals surface area contributed by atoms with Gasteiger partial charge in [0, 0.05) is 18.9 Å². The maximum Gasteiger partial charge on any atom is 0.262 e. The Morgan fingerprint density at radius 2 is 1.87 bits per heavy atom. The van der Waals surface area contributed by atoms with Crippen molar-refractivity contribution in [1.29, 1.82) is 0 Å². The monoisotopic (exact) mass is 553 g/mol. The Morgan fingerprint density at radius 1 is 1.11 bits per heavy atom. The molecule has 0 spiro atoms. The van der Waals surface area contributed by atoms with Crippen molar-refractivity contribution in [1.82, 2.24) is 24.5 Å². The fourth-order valence-electron chi connectivity index (χ4n) is 5.04. The van der Waals surface area contributed by atoms with Gasteiger partial charge in [-0.25, -0.2) is 13.4 Å². The maximum absolute atomic E-state index is 13.6. The number of likely N-dealkylation sites (tertiary alicyclic amines) is 1. The molecule has 198 valence electrons. The number of amides is 2. The van der Waals surface area contributed by atoms with Crippen molar-refractivity contribution in [3.63, 3.8) is 0 Å². The van der Waals surface area contributed by atoms with E-state index in [0.717, 1.165) is 14.9 Å². The van der Waals surface area contributed by atoms with Crippen molar-refractivity contribution in [2.75, 3.05) is 13.1 Å². The molecule has 0 aliphatic carbocycles. The Morgan fingerprint density at radius 3 is 2.55 bits per heavy atom. The van der Waals surface area contributed by atoms with Gasteiger partial charge in [0.2, 0.25) is 5.91 Å². The lowest BCUT2D eigenvalue weighted by molar-refractivity contribution is -0.138. The number of carbonyl (C=O) groups is 3. The van der Waals surface area contributed by atoms with Gasteiger partial charge in [-0.1, -0.05) is 25.5 Å². The first-order valence-electron chi connectivity index (χ1n) is 12.4. The molecule has 3 aromatic rings. The second kappa shape index (κ2) is 10.7. The lowest BCUT2D eigenvalue weighted by Gasteiger charge is -2.28. The Labute approximate surface area is 224 Å². The van der Waals surface area contributed by atoms with Crippen LogP contribution < -0.4 is 5.32 Å². The van der Waals surface area contributed by atoms with E-state index in [-0.39, 0.29) is 35.7 Å². The first-order chi connectivity index (χ1) is 18.3. The molecule has 0 bridgehead atoms. The third-order valence-corrected chi connectivity index (χ3v) is 9.69. The number of nitrogens with zero attached hydrogens (tertiary/aromatic N) is 4. The largest absolute Gasteiger partial charge is 0.340 e. The Balaban J connectivity index is 1.31. The summed E-state index contributed by atoms with van der Waals surface area (Å²) in [6, 6.07) is 11.3. The number of rotatable bonds is 8. The molecule has 0 aromatic carbocycles. The summed E-state index contributed by atoms with van der Waals surface area (Å²) >= 11 is 1.28. The molecule has 5 rings (SSSR count). The number of thiophene rings is 1. The second-order valence-electron chi connectivity index (χ2n) is 9.21. The minimum Gasteiger partial charge on any atom is -0.340 e. The van der Waals surface area contributed by atoms with Crippen LogP contribution in [0.4, 0.5) is 0 Å². The Kier molecular flexibility index (Phi) is 7.37. The highest BCUT2D eigenvalue weighted by atomic mass is 32.2. The van der Waals surface area contributed by atoms with E-state index in [1.807, 2.05) is 31.2 Å². The van der Waals surface area contributed by atoms with Crippen molar-refractivity contribution in [3.05, 3.63) is 65.8 Å². The Hall–Kier alpha value is -3.48. The summed E-state index contributed by atoms with van der Waals surface area (Å²) in [5.74, 6) is -1.09. The van der Waals surface area contributed by atoms with Crippen molar-refractivity contribution in [2.24, 2.45) is 0 Å². The van der Waals surface area contributed by atoms with E-state index in [4.69, 9.17) is 0 Å². The summed E-state index contributed by atoms with van der Waals surface area (Å²) in [4.78, 5) is 50.7. The van der Waals surface area contributed by atoms with Gasteiger partial charge in [0.05, 0.1) is 28.0 Å². The molecule has 10 nitrogen and oxygen atoms in total. The van der Waals surface area contributed by atoms with Crippen LogP contribution in [0.1, 0.15) is 35.9 Å². The first kappa shape index (κ1) is 26.1. The predicted octanol–water partition coefficient (Wildman–Crippen LogP) is 2.35. The molecule has 38 heavy (non-hydrogen) atoms. The van der Waals surface area contributed by atoms with Gasteiger partial charge in [0.25, 0.3) is 15.9 Å². The van der Waals surface area contributed by atoms with Crippen LogP contribution in [0.3, 0.4) is 0 Å². The molecular formula is C26H27N5O5S2. The highest BCUT2D eigenvalue weighted by molar-refractivity contribution is 7.89. The number of Topliss-reactive ketones (excluding diaryl/α,β-unsaturated/α-hetero) is 1. The minimum absolute atomic E-state index is 0.129. The summed E-state index contributed by atoms with van der Waals surface area (Å²) in [7, 11) is -3.99. The van der Waals surface area contributed by atoms with Gasteiger partial charge >= 0.3 is 0 Å². The number of fused-ring (bicyclic) bond motifs is 1. The van der Waals surface area contributed by atoms with Crippen LogP contribution in [0, 0.1) is 0 Å². The van der Waals surface area contributed by atoms with Crippen LogP contribution in [-0.4, -0.2) is 76.4 Å². The summed E-state index contributed by atoms with van der Waals surface area (Å²) in [5.41, 5.74) is 0.755. The van der Waals surface area contributed by atoms with Crippen LogP contribution in [0.25, 0.3) is 10.6 Å². The van der Waals surface area contributed by atoms with Crippen LogP contribution in [-0.2, 0) is 19.6 Å². The molecular weight excluding hydrogens is 526 g/mol. The van der Waals surface area contributed by atoms with Gasteiger partial charge in [-0.05, 0) is 49.2 Å². The van der Waals surface area contributed by atoms with E-state index in [1.165, 1.54) is 28.5 Å². The molecule has 2 fully saturated rings. The van der Waals surface area contributed by atoms with Crippen molar-refractivity contribution in [2.45, 2.75) is 49.3 Å². The van der Waals surface area contributed by atoms with E-state index < -0.39 is 28.1 Å². The second-order valence-corrected chi connectivity index (χ2v) is 12.1. The maximum atomic E-state index is 13.6. The average Bonchev–Trinajstić information content (AvgIpc) is 3.67. The van der Waals surface area contributed by atoms with E-state index in [9.17, 15) is 22.8 Å². The third-order valence-electron chi connectivity index (χ3n) is 6.80. The molecule has 12 heteroatoms. The van der Waals surface area contributed by atoms with Crippen LogP contribution in [0.5, 0.6) is 0 Å². The number of ketones is 1. The number of carbonyl (C=O) groups excluding carboxylic acids is 3. The predicted molar refractivity (Wildman–Crippen MR) is 141 cm³/mol. The topological polar surface area (TPSA) is 130 Å². The zero-order valence-electron chi connectivity index (χ0n) is 20.7. The van der Waals surface area contributed by atoms with Gasteiger partial charge in [-0.3, -0.25) is 19.4 Å². The van der Waals surface area contributed by atoms with Crippen molar-refractivity contribution >= 4 is 39.0 Å². The van der Waals surface area contributed by atoms with E-state index in [1.54, 1.807) is 24.4 Å². The normalized spacial score (nSPS) is 20.3. The zero-order chi connectivity index (χ0) is 26.9. The third kappa shape index (κ3) is 4.86. The molecule has 3 aromatic heterocycles. The lowest BCUT2D eigenvalue weighted by Crippen LogP contribution is -2.52. The standard InChI is InChI=1S/C26H27N5O5S2/c1-2-7-18(29-25(33)22-11-10-21(37-22)17-8-3-5-13-27-17)26(34)30-15-12-19-24(30)20(32)16-31(19)38(35,36)23-9-4-6-14-28-23/h3-6,8-11,13-14,18-19,24H,2,7,12,15-16H2,1H3,(H,29,33). The van der Waals surface area contributed by atoms with Crippen LogP contribution in [0.15, 0.2) is 66.0 Å². The van der Waals surface area contributed by atoms with Crippen LogP contribution in [0.2, 0.25) is 0 Å². The summed E-state index contributed by atoms with van der Waals surface area (Å²) in [5, 5.41) is 2.72. The van der Waals surface area contributed by atoms with Crippen molar-refractivity contribution < 1.29 is 22.8 Å². The molecule has 2 aliphatic rings. The summed E-state index contributed by atoms with van der Waals surface area (Å²) < 4.78 is 27.5. The smallest absolute Gasteiger partial charge is 0.262 e. The Bertz CT molecular complexity index is 1440. The van der Waals surface area contributed by atoms with Gasteiger partial charge in [-0.2, -0.15) is 4.31 Å².